The van der Waals surface area contributed by atoms with Crippen molar-refractivity contribution >= 4 is 61.0 Å². The summed E-state index contributed by atoms with van der Waals surface area (Å²) in [5, 5.41) is 34.1. The van der Waals surface area contributed by atoms with Crippen LogP contribution < -0.4 is 21.3 Å². The number of sulfonamides is 2. The van der Waals surface area contributed by atoms with Crippen molar-refractivity contribution in [3.63, 3.8) is 0 Å². The molecule has 4 amide bonds. The predicted octanol–water partition coefficient (Wildman–Crippen LogP) is 5.70. The van der Waals surface area contributed by atoms with Crippen LogP contribution >= 0.6 is 0 Å². The smallest absolute Gasteiger partial charge is 0.407 e. The summed E-state index contributed by atoms with van der Waals surface area (Å²) in [6.45, 7) is 8.84. The molecule has 4 fully saturated rings. The molecule has 6 heterocycles. The molecule has 0 saturated carbocycles. The Morgan fingerprint density at radius 2 is 1.08 bits per heavy atom. The molecule has 4 aromatic carbocycles. The van der Waals surface area contributed by atoms with Gasteiger partial charge in [0.05, 0.1) is 84.3 Å². The molecule has 4 saturated heterocycles. The number of alkyl carbamates (subject to hydrolysis) is 2. The van der Waals surface area contributed by atoms with Crippen LogP contribution in [0.5, 0.6) is 0 Å². The van der Waals surface area contributed by atoms with Crippen molar-refractivity contribution in [3.8, 4) is 0 Å². The number of hydrogen-bond acceptors (Lipinski definition) is 20. The van der Waals surface area contributed by atoms with Crippen LogP contribution in [0.1, 0.15) is 70.2 Å². The van der Waals surface area contributed by atoms with Crippen molar-refractivity contribution < 1.29 is 84.1 Å². The number of carbonyl (C=O) groups excluding carboxylic acids is 4. The normalized spacial score (nSPS) is 21.9. The second kappa shape index (κ2) is 34.5. The van der Waals surface area contributed by atoms with E-state index in [2.05, 4.69) is 21.3 Å². The lowest BCUT2D eigenvalue weighted by Gasteiger charge is -2.31. The van der Waals surface area contributed by atoms with Gasteiger partial charge in [-0.05, 0) is 105 Å². The third-order valence-electron chi connectivity index (χ3n) is 16.5. The zero-order valence-electron chi connectivity index (χ0n) is 55.0. The van der Waals surface area contributed by atoms with E-state index < -0.39 is 68.7 Å². The number of aliphatic hydroxyl groups is 2. The maximum atomic E-state index is 14.1. The van der Waals surface area contributed by atoms with Gasteiger partial charge in [-0.25, -0.2) is 26.4 Å². The van der Waals surface area contributed by atoms with E-state index >= 15 is 0 Å². The predicted molar refractivity (Wildman–Crippen MR) is 355 cm³/mol. The van der Waals surface area contributed by atoms with Gasteiger partial charge in [-0.2, -0.15) is 8.61 Å². The molecule has 0 aromatic heterocycles. The first-order valence-electron chi connectivity index (χ1n) is 31.6. The van der Waals surface area contributed by atoms with Crippen molar-refractivity contribution in [1.82, 2.24) is 29.0 Å². The van der Waals surface area contributed by atoms with Crippen molar-refractivity contribution in [2.45, 2.75) is 133 Å². The quantitative estimate of drug-likeness (QED) is 0.0325. The number of hydrogen-bond donors (Lipinski definition) is 6. The summed E-state index contributed by atoms with van der Waals surface area (Å²) in [7, 11) is 2.38. The lowest BCUT2D eigenvalue weighted by Crippen LogP contribution is -2.51. The Hall–Kier alpha value is -6.64. The molecule has 0 spiro atoms. The van der Waals surface area contributed by atoms with Gasteiger partial charge in [0.25, 0.3) is 5.91 Å². The Labute approximate surface area is 558 Å². The first-order chi connectivity index (χ1) is 44.7. The van der Waals surface area contributed by atoms with Gasteiger partial charge in [0.15, 0.2) is 12.6 Å². The van der Waals surface area contributed by atoms with Gasteiger partial charge < -0.3 is 74.3 Å². The number of nitrogens with zero attached hydrogens (tertiary/aromatic N) is 4. The van der Waals surface area contributed by atoms with E-state index in [1.807, 2.05) is 107 Å². The molecule has 26 nitrogen and oxygen atoms in total. The summed E-state index contributed by atoms with van der Waals surface area (Å²) in [6.07, 6.45) is -2.16. The van der Waals surface area contributed by atoms with Gasteiger partial charge in [-0.3, -0.25) is 14.5 Å². The van der Waals surface area contributed by atoms with Gasteiger partial charge in [0.1, 0.15) is 12.2 Å². The molecule has 10 rings (SSSR count). The van der Waals surface area contributed by atoms with E-state index in [9.17, 15) is 46.2 Å². The van der Waals surface area contributed by atoms with Crippen LogP contribution in [-0.4, -0.2) is 220 Å². The number of rotatable bonds is 26. The lowest BCUT2D eigenvalue weighted by atomic mass is 10.0. The molecule has 95 heavy (non-hydrogen) atoms. The molecule has 524 valence electrons. The van der Waals surface area contributed by atoms with Crippen LogP contribution in [-0.2, 0) is 86.8 Å². The molecule has 0 aliphatic carbocycles. The van der Waals surface area contributed by atoms with Gasteiger partial charge in [-0.15, -0.1) is 0 Å². The molecule has 0 radical (unpaired) electrons. The zero-order chi connectivity index (χ0) is 68.0. The minimum Gasteiger partial charge on any atom is -0.443 e. The Bertz CT molecular complexity index is 3450. The largest absolute Gasteiger partial charge is 0.443 e. The number of anilines is 2. The van der Waals surface area contributed by atoms with E-state index in [4.69, 9.17) is 37.9 Å². The van der Waals surface area contributed by atoms with Crippen LogP contribution in [0.4, 0.5) is 21.0 Å². The van der Waals surface area contributed by atoms with Gasteiger partial charge in [0, 0.05) is 77.6 Å². The zero-order valence-corrected chi connectivity index (χ0v) is 56.7. The fraction of sp³-hybridized carbons (Fsp3) is 0.552. The van der Waals surface area contributed by atoms with Crippen LogP contribution in [0.25, 0.3) is 5.57 Å². The summed E-state index contributed by atoms with van der Waals surface area (Å²) < 4.78 is 102. The molecule has 28 heteroatoms. The van der Waals surface area contributed by atoms with Crippen LogP contribution in [0, 0.1) is 23.7 Å². The number of nitrogens with one attached hydrogen (secondary N) is 4. The molecule has 6 N–H and O–H groups in total. The van der Waals surface area contributed by atoms with E-state index in [0.717, 1.165) is 24.0 Å². The number of methoxy groups -OCH3 is 2. The Balaban J connectivity index is 0.000000239. The molecule has 4 aromatic rings. The number of fused-ring (bicyclic) bond motifs is 4. The SMILES string of the molecule is C.CC(C)CN(C[C@@H](O)[C@H](Cc1ccccc1)NC(=O)OC1CO[C@H]2OCC[C@@H]12)S(=O)(=O)c1ccc2c(c1)CC(=O)N2.CC(C)CN(C[C@@H](O)[C@H](Cc1ccccc1)NC(=O)O[C@H]1CO[C@H]2OCC[C@H]21)S(=O)(=O)c1ccc2c(c1)/C(=C/N(C)C)C(=O)N2.COC(OC)N(C)C. The molecule has 1 unspecified atom stereocenters. The molecular formula is C67H96N8O18S2. The highest BCUT2D eigenvalue weighted by atomic mass is 32.2. The summed E-state index contributed by atoms with van der Waals surface area (Å²) in [6, 6.07) is 26.0. The number of ether oxygens (including phenoxy) is 8. The number of aliphatic hydroxyl groups excluding tert-OH is 2. The fourth-order valence-electron chi connectivity index (χ4n) is 12.0. The van der Waals surface area contributed by atoms with Crippen LogP contribution in [0.3, 0.4) is 0 Å². The summed E-state index contributed by atoms with van der Waals surface area (Å²) >= 11 is 0. The maximum absolute atomic E-state index is 14.1. The van der Waals surface area contributed by atoms with E-state index in [1.54, 1.807) is 51.5 Å². The number of amides is 4. The van der Waals surface area contributed by atoms with Crippen molar-refractivity contribution in [2.75, 3.05) is 106 Å². The first kappa shape index (κ1) is 75.7. The average molecular weight is 1370 g/mol. The van der Waals surface area contributed by atoms with E-state index in [1.165, 1.54) is 32.9 Å². The average Bonchev–Trinajstić information content (AvgIpc) is 1.76. The summed E-state index contributed by atoms with van der Waals surface area (Å²) in [5.74, 6) is -0.698. The van der Waals surface area contributed by atoms with Crippen molar-refractivity contribution in [1.29, 1.82) is 0 Å². The number of benzene rings is 4. The first-order valence-corrected chi connectivity index (χ1v) is 34.5. The fourth-order valence-corrected chi connectivity index (χ4v) is 15.3. The minimum absolute atomic E-state index is 0. The summed E-state index contributed by atoms with van der Waals surface area (Å²) in [4.78, 5) is 54.1. The highest BCUT2D eigenvalue weighted by Gasteiger charge is 2.46. The van der Waals surface area contributed by atoms with Crippen molar-refractivity contribution in [2.24, 2.45) is 23.7 Å². The van der Waals surface area contributed by atoms with Gasteiger partial charge in [-0.1, -0.05) is 95.8 Å². The van der Waals surface area contributed by atoms with Crippen LogP contribution in [0.2, 0.25) is 0 Å². The monoisotopic (exact) mass is 1360 g/mol. The third-order valence-corrected chi connectivity index (χ3v) is 20.2. The van der Waals surface area contributed by atoms with E-state index in [-0.39, 0.29) is 130 Å². The third kappa shape index (κ3) is 20.2. The van der Waals surface area contributed by atoms with Crippen molar-refractivity contribution in [3.05, 3.63) is 126 Å². The molecule has 10 atom stereocenters. The summed E-state index contributed by atoms with van der Waals surface area (Å²) in [5.41, 5.74) is 4.28. The molecule has 6 aliphatic rings. The van der Waals surface area contributed by atoms with Crippen LogP contribution in [0.15, 0.2) is 113 Å². The second-order valence-corrected chi connectivity index (χ2v) is 29.2. The molecular weight excluding hydrogens is 1270 g/mol. The van der Waals surface area contributed by atoms with Gasteiger partial charge in [0.2, 0.25) is 32.4 Å². The Kier molecular flexibility index (Phi) is 27.5. The van der Waals surface area contributed by atoms with E-state index in [0.29, 0.717) is 41.3 Å². The standard InChI is InChI=1S/C32H42N4O8S.C29H37N3O8S.C5H13NO2.CH4/c1-20(2)16-36(45(40,41)22-10-11-26-24(15-22)25(17-35(3)4)30(38)33-26)18-28(37)27(14-21-8-6-5-7-9-21)34-32(39)44-29-19-43-31-23(29)12-13-42-31;1-18(2)15-32(41(36,37)21-8-9-23-20(13-21)14-27(34)30-23)16-25(33)24(12-19-6-4-3-5-7-19)31-29(35)40-26-17-39-28-22(26)10-11-38-28;1-6(2)5(7-3)8-4;/h5-11,15,17,20,23,27-29,31,37H,12-14,16,18-19H2,1-4H3,(H,33,38)(H,34,39);3-9,13,18,22,24-26,28,33H,10-12,14-17H2,1-2H3,(H,30,34)(H,31,35);5H,1-4H3;1H4/b25-17-;;;/t23-,27-,28+,29-,31+;22-,24-,25+,26?,28+;;/m00../s1. The number of carbonyl (C=O) groups is 4. The Morgan fingerprint density at radius 3 is 1.51 bits per heavy atom. The topological polar surface area (TPSA) is 312 Å². The lowest BCUT2D eigenvalue weighted by molar-refractivity contribution is -0.179. The highest BCUT2D eigenvalue weighted by Crippen LogP contribution is 2.37. The highest BCUT2D eigenvalue weighted by molar-refractivity contribution is 7.89. The maximum Gasteiger partial charge on any atom is 0.407 e. The molecule has 6 aliphatic heterocycles. The second-order valence-electron chi connectivity index (χ2n) is 25.3. The minimum atomic E-state index is -4.13. The Morgan fingerprint density at radius 1 is 0.632 bits per heavy atom. The van der Waals surface area contributed by atoms with Gasteiger partial charge >= 0.3 is 12.2 Å². The molecule has 0 bridgehead atoms.